The molecular formula is C22H30N3O3PS. The van der Waals surface area contributed by atoms with E-state index in [4.69, 9.17) is 9.26 Å². The van der Waals surface area contributed by atoms with Gasteiger partial charge in [0.2, 0.25) is 7.37 Å². The Labute approximate surface area is 181 Å². The number of ether oxygens (including phenoxy) is 1. The summed E-state index contributed by atoms with van der Waals surface area (Å²) in [5.41, 5.74) is 0.974. The standard InChI is InChI=1S/C22H30N3O3PS/c1-15-12-23-21(25-15)24-13-18(29(26)8-7-22(2,3)14-28-29)11-19-9-16-5-6-17(27-4)10-20(16)30-19/h5-6,9-10,12,18H,7-8,11,13-14H2,1-4H3,(H2,23,24,25). The minimum atomic E-state index is -2.78. The molecule has 4 rings (SSSR count). The largest absolute Gasteiger partial charge is 0.497 e. The van der Waals surface area contributed by atoms with Gasteiger partial charge in [-0.2, -0.15) is 0 Å². The molecule has 1 fully saturated rings. The average Bonchev–Trinajstić information content (AvgIpc) is 3.32. The van der Waals surface area contributed by atoms with Crippen LogP contribution in [0, 0.1) is 12.3 Å². The van der Waals surface area contributed by atoms with E-state index < -0.39 is 7.37 Å². The summed E-state index contributed by atoms with van der Waals surface area (Å²) in [7, 11) is -1.10. The number of H-pyrrole nitrogens is 1. The second-order valence-corrected chi connectivity index (χ2v) is 13.0. The molecule has 3 aromatic rings. The van der Waals surface area contributed by atoms with Crippen molar-refractivity contribution in [2.75, 3.05) is 31.7 Å². The molecule has 1 aromatic carbocycles. The second-order valence-electron chi connectivity index (χ2n) is 8.91. The Kier molecular flexibility index (Phi) is 5.97. The molecule has 3 heterocycles. The lowest BCUT2D eigenvalue weighted by molar-refractivity contribution is 0.152. The molecule has 30 heavy (non-hydrogen) atoms. The van der Waals surface area contributed by atoms with Crippen LogP contribution in [0.1, 0.15) is 30.8 Å². The second kappa shape index (κ2) is 8.37. The number of nitrogens with one attached hydrogen (secondary N) is 2. The van der Waals surface area contributed by atoms with Gasteiger partial charge in [0.25, 0.3) is 0 Å². The molecule has 8 heteroatoms. The molecular weight excluding hydrogens is 417 g/mol. The fourth-order valence-electron chi connectivity index (χ4n) is 3.76. The lowest BCUT2D eigenvalue weighted by atomic mass is 9.92. The van der Waals surface area contributed by atoms with Gasteiger partial charge in [-0.3, -0.25) is 4.57 Å². The van der Waals surface area contributed by atoms with Gasteiger partial charge in [-0.25, -0.2) is 4.98 Å². The van der Waals surface area contributed by atoms with Crippen LogP contribution < -0.4 is 10.1 Å². The lowest BCUT2D eigenvalue weighted by Gasteiger charge is -2.38. The van der Waals surface area contributed by atoms with Crippen molar-refractivity contribution in [1.82, 2.24) is 9.97 Å². The van der Waals surface area contributed by atoms with Crippen LogP contribution in [0.5, 0.6) is 5.75 Å². The van der Waals surface area contributed by atoms with Gasteiger partial charge in [0, 0.05) is 34.2 Å². The highest BCUT2D eigenvalue weighted by atomic mass is 32.1. The molecule has 2 N–H and O–H groups in total. The first-order chi connectivity index (χ1) is 14.3. The van der Waals surface area contributed by atoms with E-state index in [1.807, 2.05) is 13.0 Å². The fourth-order valence-corrected chi connectivity index (χ4v) is 8.09. The SMILES string of the molecule is COc1ccc2cc(CC(CNc3ncc(C)[nH]3)P3(=O)CCC(C)(C)CO3)sc2c1. The molecule has 0 saturated carbocycles. The number of anilines is 1. The number of rotatable bonds is 7. The summed E-state index contributed by atoms with van der Waals surface area (Å²) in [6.07, 6.45) is 4.05. The Morgan fingerprint density at radius 3 is 2.90 bits per heavy atom. The van der Waals surface area contributed by atoms with Crippen molar-refractivity contribution in [2.45, 2.75) is 39.3 Å². The zero-order valence-electron chi connectivity index (χ0n) is 18.0. The van der Waals surface area contributed by atoms with Crippen molar-refractivity contribution >= 4 is 34.7 Å². The highest BCUT2D eigenvalue weighted by Gasteiger charge is 2.41. The van der Waals surface area contributed by atoms with Crippen LogP contribution in [0.2, 0.25) is 0 Å². The molecule has 1 aliphatic heterocycles. The molecule has 2 unspecified atom stereocenters. The van der Waals surface area contributed by atoms with Gasteiger partial charge in [-0.15, -0.1) is 11.3 Å². The van der Waals surface area contributed by atoms with E-state index in [-0.39, 0.29) is 11.1 Å². The first-order valence-electron chi connectivity index (χ1n) is 10.3. The number of imidazole rings is 1. The van der Waals surface area contributed by atoms with Crippen LogP contribution in [0.15, 0.2) is 30.5 Å². The summed E-state index contributed by atoms with van der Waals surface area (Å²) in [6, 6.07) is 8.31. The Bertz CT molecular complexity index is 1060. The molecule has 0 aliphatic carbocycles. The third-order valence-electron chi connectivity index (χ3n) is 5.75. The zero-order valence-corrected chi connectivity index (χ0v) is 19.7. The maximum Gasteiger partial charge on any atom is 0.208 e. The number of aromatic nitrogens is 2. The maximum atomic E-state index is 13.9. The van der Waals surface area contributed by atoms with Crippen molar-refractivity contribution in [2.24, 2.45) is 5.41 Å². The number of hydrogen-bond donors (Lipinski definition) is 2. The lowest BCUT2D eigenvalue weighted by Crippen LogP contribution is -2.32. The van der Waals surface area contributed by atoms with E-state index in [0.29, 0.717) is 31.7 Å². The smallest absolute Gasteiger partial charge is 0.208 e. The molecule has 1 saturated heterocycles. The number of hydrogen-bond acceptors (Lipinski definition) is 6. The first kappa shape index (κ1) is 21.4. The molecule has 0 radical (unpaired) electrons. The monoisotopic (exact) mass is 447 g/mol. The quantitative estimate of drug-likeness (QED) is 0.455. The summed E-state index contributed by atoms with van der Waals surface area (Å²) in [6.45, 7) is 7.42. The summed E-state index contributed by atoms with van der Waals surface area (Å²) in [5.74, 6) is 1.57. The van der Waals surface area contributed by atoms with Crippen LogP contribution in [-0.2, 0) is 15.5 Å². The molecule has 2 atom stereocenters. The Morgan fingerprint density at radius 1 is 1.40 bits per heavy atom. The number of aromatic amines is 1. The molecule has 6 nitrogen and oxygen atoms in total. The van der Waals surface area contributed by atoms with E-state index in [2.05, 4.69) is 47.3 Å². The Hall–Kier alpha value is -1.82. The molecule has 0 amide bonds. The normalized spacial score (nSPS) is 22.1. The highest BCUT2D eigenvalue weighted by molar-refractivity contribution is 7.59. The number of aryl methyl sites for hydroxylation is 1. The summed E-state index contributed by atoms with van der Waals surface area (Å²) in [4.78, 5) is 8.74. The van der Waals surface area contributed by atoms with Crippen LogP contribution in [0.3, 0.4) is 0 Å². The van der Waals surface area contributed by atoms with Crippen molar-refractivity contribution in [3.05, 3.63) is 41.0 Å². The third-order valence-corrected chi connectivity index (χ3v) is 9.76. The van der Waals surface area contributed by atoms with Gasteiger partial charge >= 0.3 is 0 Å². The summed E-state index contributed by atoms with van der Waals surface area (Å²) >= 11 is 1.74. The zero-order chi connectivity index (χ0) is 21.4. The fraction of sp³-hybridized carbons (Fsp3) is 0.500. The number of thiophene rings is 1. The molecule has 0 bridgehead atoms. The summed E-state index contributed by atoms with van der Waals surface area (Å²) in [5, 5.41) is 4.53. The van der Waals surface area contributed by atoms with Gasteiger partial charge < -0.3 is 19.6 Å². The summed E-state index contributed by atoms with van der Waals surface area (Å²) < 4.78 is 26.5. The third kappa shape index (κ3) is 4.74. The molecule has 162 valence electrons. The minimum absolute atomic E-state index is 0.0815. The van der Waals surface area contributed by atoms with Crippen LogP contribution in [0.4, 0.5) is 5.95 Å². The minimum Gasteiger partial charge on any atom is -0.497 e. The van der Waals surface area contributed by atoms with Crippen molar-refractivity contribution in [3.8, 4) is 5.75 Å². The average molecular weight is 448 g/mol. The Balaban J connectivity index is 1.57. The van der Waals surface area contributed by atoms with Gasteiger partial charge in [0.05, 0.1) is 19.4 Å². The van der Waals surface area contributed by atoms with Crippen LogP contribution in [0.25, 0.3) is 10.1 Å². The predicted octanol–water partition coefficient (Wildman–Crippen LogP) is 5.69. The van der Waals surface area contributed by atoms with Crippen molar-refractivity contribution < 1.29 is 13.8 Å². The van der Waals surface area contributed by atoms with E-state index >= 15 is 0 Å². The van der Waals surface area contributed by atoms with Crippen LogP contribution >= 0.6 is 18.7 Å². The molecule has 0 spiro atoms. The predicted molar refractivity (Wildman–Crippen MR) is 125 cm³/mol. The van der Waals surface area contributed by atoms with E-state index in [1.165, 1.54) is 15.0 Å². The van der Waals surface area contributed by atoms with Gasteiger partial charge in [-0.1, -0.05) is 13.8 Å². The van der Waals surface area contributed by atoms with Gasteiger partial charge in [0.15, 0.2) is 5.95 Å². The number of methoxy groups -OCH3 is 1. The van der Waals surface area contributed by atoms with Crippen molar-refractivity contribution in [3.63, 3.8) is 0 Å². The number of fused-ring (bicyclic) bond motifs is 1. The molecule has 2 aromatic heterocycles. The maximum absolute atomic E-state index is 13.9. The first-order valence-corrected chi connectivity index (χ1v) is 13.0. The van der Waals surface area contributed by atoms with Gasteiger partial charge in [0.1, 0.15) is 5.75 Å². The highest BCUT2D eigenvalue weighted by Crippen LogP contribution is 2.58. The van der Waals surface area contributed by atoms with E-state index in [9.17, 15) is 4.57 Å². The van der Waals surface area contributed by atoms with E-state index in [1.54, 1.807) is 24.6 Å². The number of benzene rings is 1. The van der Waals surface area contributed by atoms with Crippen molar-refractivity contribution in [1.29, 1.82) is 0 Å². The van der Waals surface area contributed by atoms with E-state index in [0.717, 1.165) is 17.9 Å². The topological polar surface area (TPSA) is 76.2 Å². The van der Waals surface area contributed by atoms with Crippen LogP contribution in [-0.4, -0.2) is 42.1 Å². The Morgan fingerprint density at radius 2 is 2.23 bits per heavy atom. The van der Waals surface area contributed by atoms with Gasteiger partial charge in [-0.05, 0) is 54.8 Å². The number of nitrogens with zero attached hydrogens (tertiary/aromatic N) is 1. The molecule has 1 aliphatic rings.